The quantitative estimate of drug-likeness (QED) is 0.732. The van der Waals surface area contributed by atoms with Gasteiger partial charge in [-0.1, -0.05) is 13.8 Å². The standard InChI is InChI=1S/C16H25BrN2O2/c1-4-18(5-2)10-7-11-19(6-3)13-8-9-14(16(20)21)15(17)12-13/h8-9,12H,4-7,10-11H2,1-3H3,(H,20,21). The monoisotopic (exact) mass is 356 g/mol. The summed E-state index contributed by atoms with van der Waals surface area (Å²) in [5.74, 6) is -0.905. The summed E-state index contributed by atoms with van der Waals surface area (Å²) in [4.78, 5) is 15.7. The van der Waals surface area contributed by atoms with Gasteiger partial charge in [0, 0.05) is 23.2 Å². The van der Waals surface area contributed by atoms with Crippen LogP contribution in [0.15, 0.2) is 22.7 Å². The minimum absolute atomic E-state index is 0.304. The molecule has 0 saturated heterocycles. The van der Waals surface area contributed by atoms with E-state index in [0.717, 1.165) is 44.8 Å². The first-order valence-corrected chi connectivity index (χ1v) is 8.32. The van der Waals surface area contributed by atoms with Crippen molar-refractivity contribution in [2.24, 2.45) is 0 Å². The first kappa shape index (κ1) is 18.0. The Hall–Kier alpha value is -1.07. The maximum absolute atomic E-state index is 11.0. The van der Waals surface area contributed by atoms with E-state index in [9.17, 15) is 4.79 Å². The van der Waals surface area contributed by atoms with E-state index < -0.39 is 5.97 Å². The number of benzene rings is 1. The van der Waals surface area contributed by atoms with Crippen LogP contribution in [0.3, 0.4) is 0 Å². The highest BCUT2D eigenvalue weighted by Crippen LogP contribution is 2.24. The molecule has 0 aliphatic carbocycles. The van der Waals surface area contributed by atoms with Gasteiger partial charge in [0.05, 0.1) is 5.56 Å². The number of carbonyl (C=O) groups is 1. The molecule has 1 aromatic rings. The van der Waals surface area contributed by atoms with Crippen molar-refractivity contribution in [2.75, 3.05) is 37.6 Å². The van der Waals surface area contributed by atoms with E-state index in [4.69, 9.17) is 5.11 Å². The molecule has 0 aromatic heterocycles. The maximum Gasteiger partial charge on any atom is 0.336 e. The predicted octanol–water partition coefficient (Wildman–Crippen LogP) is 3.71. The Balaban J connectivity index is 2.68. The maximum atomic E-state index is 11.0. The van der Waals surface area contributed by atoms with Gasteiger partial charge in [-0.05, 0) is 67.1 Å². The normalized spacial score (nSPS) is 10.9. The summed E-state index contributed by atoms with van der Waals surface area (Å²) < 4.78 is 0.634. The van der Waals surface area contributed by atoms with Crippen molar-refractivity contribution >= 4 is 27.6 Å². The van der Waals surface area contributed by atoms with Gasteiger partial charge in [0.1, 0.15) is 0 Å². The number of halogens is 1. The lowest BCUT2D eigenvalue weighted by Crippen LogP contribution is -2.30. The van der Waals surface area contributed by atoms with E-state index in [1.54, 1.807) is 6.07 Å². The molecule has 1 N–H and O–H groups in total. The third kappa shape index (κ3) is 5.32. The lowest BCUT2D eigenvalue weighted by atomic mass is 10.2. The average Bonchev–Trinajstić information content (AvgIpc) is 2.47. The molecule has 0 fully saturated rings. The molecule has 0 saturated carbocycles. The fourth-order valence-corrected chi connectivity index (χ4v) is 2.91. The van der Waals surface area contributed by atoms with Gasteiger partial charge >= 0.3 is 5.97 Å². The smallest absolute Gasteiger partial charge is 0.336 e. The molecule has 0 atom stereocenters. The molecule has 118 valence electrons. The Kier molecular flexibility index (Phi) is 7.75. The number of carboxylic acid groups (broad SMARTS) is 1. The Bertz CT molecular complexity index is 462. The largest absolute Gasteiger partial charge is 0.478 e. The van der Waals surface area contributed by atoms with Gasteiger partial charge in [-0.15, -0.1) is 0 Å². The molecule has 5 heteroatoms. The number of hydrogen-bond donors (Lipinski definition) is 1. The zero-order valence-corrected chi connectivity index (χ0v) is 14.7. The van der Waals surface area contributed by atoms with Crippen LogP contribution in [0.1, 0.15) is 37.6 Å². The Labute approximate surface area is 135 Å². The molecule has 21 heavy (non-hydrogen) atoms. The summed E-state index contributed by atoms with van der Waals surface area (Å²) in [5, 5.41) is 9.06. The van der Waals surface area contributed by atoms with Crippen LogP contribution < -0.4 is 4.90 Å². The summed E-state index contributed by atoms with van der Waals surface area (Å²) in [7, 11) is 0. The fraction of sp³-hybridized carbons (Fsp3) is 0.562. The molecule has 0 amide bonds. The van der Waals surface area contributed by atoms with Crippen LogP contribution in [0.25, 0.3) is 0 Å². The van der Waals surface area contributed by atoms with Crippen molar-refractivity contribution in [1.82, 2.24) is 4.90 Å². The van der Waals surface area contributed by atoms with Gasteiger partial charge in [0.2, 0.25) is 0 Å². The molecular formula is C16H25BrN2O2. The number of hydrogen-bond acceptors (Lipinski definition) is 3. The molecule has 0 unspecified atom stereocenters. The molecule has 0 aliphatic heterocycles. The SMILES string of the molecule is CCN(CC)CCCN(CC)c1ccc(C(=O)O)c(Br)c1. The third-order valence-electron chi connectivity index (χ3n) is 3.73. The number of anilines is 1. The average molecular weight is 357 g/mol. The number of rotatable bonds is 9. The van der Waals surface area contributed by atoms with Crippen molar-refractivity contribution in [1.29, 1.82) is 0 Å². The van der Waals surface area contributed by atoms with E-state index in [-0.39, 0.29) is 0 Å². The van der Waals surface area contributed by atoms with Gasteiger partial charge in [-0.25, -0.2) is 4.79 Å². The lowest BCUT2D eigenvalue weighted by molar-refractivity contribution is 0.0696. The van der Waals surface area contributed by atoms with Gasteiger partial charge in [-0.3, -0.25) is 0 Å². The fourth-order valence-electron chi connectivity index (χ4n) is 2.37. The van der Waals surface area contributed by atoms with E-state index in [0.29, 0.717) is 10.0 Å². The van der Waals surface area contributed by atoms with Gasteiger partial charge in [0.15, 0.2) is 0 Å². The number of aromatic carboxylic acids is 1. The molecule has 4 nitrogen and oxygen atoms in total. The van der Waals surface area contributed by atoms with Crippen LogP contribution in [0.2, 0.25) is 0 Å². The topological polar surface area (TPSA) is 43.8 Å². The van der Waals surface area contributed by atoms with Crippen LogP contribution in [0.4, 0.5) is 5.69 Å². The summed E-state index contributed by atoms with van der Waals surface area (Å²) in [6.45, 7) is 11.6. The second-order valence-electron chi connectivity index (χ2n) is 4.93. The molecule has 1 aromatic carbocycles. The van der Waals surface area contributed by atoms with E-state index in [1.165, 1.54) is 0 Å². The summed E-state index contributed by atoms with van der Waals surface area (Å²) in [6, 6.07) is 5.44. The minimum atomic E-state index is -0.905. The van der Waals surface area contributed by atoms with Crippen LogP contribution in [0.5, 0.6) is 0 Å². The number of nitrogens with zero attached hydrogens (tertiary/aromatic N) is 2. The van der Waals surface area contributed by atoms with Crippen molar-refractivity contribution < 1.29 is 9.90 Å². The molecule has 0 heterocycles. The van der Waals surface area contributed by atoms with Crippen molar-refractivity contribution in [3.63, 3.8) is 0 Å². The van der Waals surface area contributed by atoms with Gasteiger partial charge < -0.3 is 14.9 Å². The molecular weight excluding hydrogens is 332 g/mol. The van der Waals surface area contributed by atoms with Gasteiger partial charge in [-0.2, -0.15) is 0 Å². The summed E-state index contributed by atoms with van der Waals surface area (Å²) >= 11 is 3.34. The van der Waals surface area contributed by atoms with Crippen molar-refractivity contribution in [3.8, 4) is 0 Å². The van der Waals surface area contributed by atoms with E-state index in [1.807, 2.05) is 12.1 Å². The van der Waals surface area contributed by atoms with E-state index >= 15 is 0 Å². The number of carboxylic acids is 1. The molecule has 0 radical (unpaired) electrons. The zero-order chi connectivity index (χ0) is 15.8. The highest BCUT2D eigenvalue weighted by atomic mass is 79.9. The summed E-state index contributed by atoms with van der Waals surface area (Å²) in [6.07, 6.45) is 1.10. The molecule has 0 bridgehead atoms. The van der Waals surface area contributed by atoms with Crippen molar-refractivity contribution in [3.05, 3.63) is 28.2 Å². The van der Waals surface area contributed by atoms with E-state index in [2.05, 4.69) is 46.5 Å². The van der Waals surface area contributed by atoms with Crippen LogP contribution in [-0.2, 0) is 0 Å². The Morgan fingerprint density at radius 2 is 1.81 bits per heavy atom. The lowest BCUT2D eigenvalue weighted by Gasteiger charge is -2.25. The molecule has 0 aliphatic rings. The second-order valence-corrected chi connectivity index (χ2v) is 5.78. The zero-order valence-electron chi connectivity index (χ0n) is 13.1. The Morgan fingerprint density at radius 1 is 1.14 bits per heavy atom. The highest BCUT2D eigenvalue weighted by Gasteiger charge is 2.11. The molecule has 1 rings (SSSR count). The van der Waals surface area contributed by atoms with Crippen LogP contribution in [0, 0.1) is 0 Å². The summed E-state index contributed by atoms with van der Waals surface area (Å²) in [5.41, 5.74) is 1.37. The first-order valence-electron chi connectivity index (χ1n) is 7.53. The third-order valence-corrected chi connectivity index (χ3v) is 4.38. The predicted molar refractivity (Wildman–Crippen MR) is 91.4 cm³/mol. The van der Waals surface area contributed by atoms with Crippen LogP contribution in [-0.4, -0.2) is 48.7 Å². The first-order chi connectivity index (χ1) is 10.0. The minimum Gasteiger partial charge on any atom is -0.478 e. The van der Waals surface area contributed by atoms with Crippen LogP contribution >= 0.6 is 15.9 Å². The second kappa shape index (κ2) is 9.05. The Morgan fingerprint density at radius 3 is 2.29 bits per heavy atom. The highest BCUT2D eigenvalue weighted by molar-refractivity contribution is 9.10. The molecule has 0 spiro atoms. The van der Waals surface area contributed by atoms with Crippen molar-refractivity contribution in [2.45, 2.75) is 27.2 Å². The van der Waals surface area contributed by atoms with Gasteiger partial charge in [0.25, 0.3) is 0 Å².